The number of anilines is 1. The summed E-state index contributed by atoms with van der Waals surface area (Å²) in [5, 5.41) is 12.9. The van der Waals surface area contributed by atoms with Gasteiger partial charge in [0.1, 0.15) is 11.0 Å². The van der Waals surface area contributed by atoms with Crippen molar-refractivity contribution in [3.8, 4) is 0 Å². The first-order valence-corrected chi connectivity index (χ1v) is 5.51. The molecule has 0 spiro atoms. The van der Waals surface area contributed by atoms with Crippen LogP contribution in [0.5, 0.6) is 0 Å². The number of hydrogen-bond donors (Lipinski definition) is 2. The van der Waals surface area contributed by atoms with E-state index in [1.54, 1.807) is 6.20 Å². The number of aliphatic hydroxyl groups excluding tert-OH is 1. The summed E-state index contributed by atoms with van der Waals surface area (Å²) in [4.78, 5) is 8.02. The van der Waals surface area contributed by atoms with Crippen LogP contribution in [-0.2, 0) is 0 Å². The lowest BCUT2D eigenvalue weighted by molar-refractivity contribution is 0.178. The number of nitrogens with one attached hydrogen (secondary N) is 1. The van der Waals surface area contributed by atoms with Crippen LogP contribution in [0.25, 0.3) is 0 Å². The maximum absolute atomic E-state index is 9.36. The third-order valence-corrected chi connectivity index (χ3v) is 2.87. The quantitative estimate of drug-likeness (QED) is 0.826. The second-order valence-corrected chi connectivity index (χ2v) is 4.33. The summed E-state index contributed by atoms with van der Waals surface area (Å²) in [5.41, 5.74) is 0. The Balaban J connectivity index is 1.83. The summed E-state index contributed by atoms with van der Waals surface area (Å²) in [7, 11) is 0. The van der Waals surface area contributed by atoms with Crippen molar-refractivity contribution in [2.24, 2.45) is 5.92 Å². The predicted molar refractivity (Wildman–Crippen MR) is 58.9 cm³/mol. The van der Waals surface area contributed by atoms with Crippen molar-refractivity contribution in [3.05, 3.63) is 17.5 Å². The molecule has 1 aromatic heterocycles. The number of aliphatic hydroxyl groups is 1. The van der Waals surface area contributed by atoms with E-state index in [9.17, 15) is 5.11 Å². The molecule has 1 aliphatic rings. The maximum Gasteiger partial charge on any atom is 0.149 e. The van der Waals surface area contributed by atoms with Crippen LogP contribution in [0.15, 0.2) is 12.4 Å². The standard InChI is InChI=1S/C10H14ClN3O/c11-9-5-12-6-10(14-9)13-4-7-1-2-8(15)3-7/h5-8,15H,1-4H2,(H,13,14). The van der Waals surface area contributed by atoms with Crippen molar-refractivity contribution in [2.75, 3.05) is 11.9 Å². The molecule has 15 heavy (non-hydrogen) atoms. The first-order valence-electron chi connectivity index (χ1n) is 5.13. The van der Waals surface area contributed by atoms with Gasteiger partial charge in [-0.05, 0) is 25.2 Å². The van der Waals surface area contributed by atoms with Gasteiger partial charge in [0.25, 0.3) is 0 Å². The van der Waals surface area contributed by atoms with Gasteiger partial charge in [-0.15, -0.1) is 0 Å². The van der Waals surface area contributed by atoms with Crippen LogP contribution in [0.1, 0.15) is 19.3 Å². The van der Waals surface area contributed by atoms with Gasteiger partial charge in [-0.25, -0.2) is 4.98 Å². The molecule has 1 fully saturated rings. The molecule has 4 nitrogen and oxygen atoms in total. The summed E-state index contributed by atoms with van der Waals surface area (Å²) >= 11 is 5.71. The smallest absolute Gasteiger partial charge is 0.149 e. The molecular weight excluding hydrogens is 214 g/mol. The molecule has 2 atom stereocenters. The molecule has 2 rings (SSSR count). The summed E-state index contributed by atoms with van der Waals surface area (Å²) in [5.74, 6) is 1.23. The number of hydrogen-bond acceptors (Lipinski definition) is 4. The summed E-state index contributed by atoms with van der Waals surface area (Å²) in [6.07, 6.45) is 5.89. The van der Waals surface area contributed by atoms with Gasteiger partial charge in [-0.3, -0.25) is 4.98 Å². The van der Waals surface area contributed by atoms with Crippen molar-refractivity contribution in [2.45, 2.75) is 25.4 Å². The Labute approximate surface area is 93.7 Å². The molecular formula is C10H14ClN3O. The molecule has 0 bridgehead atoms. The monoisotopic (exact) mass is 227 g/mol. The molecule has 0 radical (unpaired) electrons. The Hall–Kier alpha value is -0.870. The minimum atomic E-state index is -0.123. The second kappa shape index (κ2) is 4.77. The third kappa shape index (κ3) is 3.04. The Morgan fingerprint density at radius 2 is 2.33 bits per heavy atom. The Morgan fingerprint density at radius 1 is 1.47 bits per heavy atom. The molecule has 2 unspecified atom stereocenters. The molecule has 1 aliphatic carbocycles. The molecule has 0 aromatic carbocycles. The van der Waals surface area contributed by atoms with Gasteiger partial charge in [-0.1, -0.05) is 11.6 Å². The van der Waals surface area contributed by atoms with E-state index in [1.165, 1.54) is 6.20 Å². The minimum Gasteiger partial charge on any atom is -0.393 e. The molecule has 1 saturated carbocycles. The van der Waals surface area contributed by atoms with Gasteiger partial charge in [0.15, 0.2) is 0 Å². The van der Waals surface area contributed by atoms with Crippen LogP contribution in [0, 0.1) is 5.92 Å². The van der Waals surface area contributed by atoms with Crippen molar-refractivity contribution in [3.63, 3.8) is 0 Å². The fraction of sp³-hybridized carbons (Fsp3) is 0.600. The highest BCUT2D eigenvalue weighted by Gasteiger charge is 2.22. The molecule has 1 aromatic rings. The molecule has 1 heterocycles. The Bertz CT molecular complexity index is 334. The largest absolute Gasteiger partial charge is 0.393 e. The molecule has 0 saturated heterocycles. The normalized spacial score (nSPS) is 25.5. The lowest BCUT2D eigenvalue weighted by atomic mass is 10.1. The van der Waals surface area contributed by atoms with E-state index in [-0.39, 0.29) is 6.10 Å². The van der Waals surface area contributed by atoms with Crippen LogP contribution in [0.3, 0.4) is 0 Å². The van der Waals surface area contributed by atoms with Crippen molar-refractivity contribution >= 4 is 17.4 Å². The summed E-state index contributed by atoms with van der Waals surface area (Å²) in [6.45, 7) is 0.825. The Morgan fingerprint density at radius 3 is 3.00 bits per heavy atom. The van der Waals surface area contributed by atoms with Crippen LogP contribution in [0.2, 0.25) is 5.15 Å². The van der Waals surface area contributed by atoms with E-state index in [1.807, 2.05) is 0 Å². The van der Waals surface area contributed by atoms with E-state index in [4.69, 9.17) is 11.6 Å². The predicted octanol–water partition coefficient (Wildman–Crippen LogP) is 1.70. The highest BCUT2D eigenvalue weighted by atomic mass is 35.5. The van der Waals surface area contributed by atoms with Crippen LogP contribution in [0.4, 0.5) is 5.82 Å². The fourth-order valence-corrected chi connectivity index (χ4v) is 2.06. The van der Waals surface area contributed by atoms with Gasteiger partial charge in [0, 0.05) is 6.54 Å². The molecule has 2 N–H and O–H groups in total. The second-order valence-electron chi connectivity index (χ2n) is 3.94. The van der Waals surface area contributed by atoms with Crippen LogP contribution < -0.4 is 5.32 Å². The highest BCUT2D eigenvalue weighted by molar-refractivity contribution is 6.29. The zero-order valence-corrected chi connectivity index (χ0v) is 9.11. The van der Waals surface area contributed by atoms with Gasteiger partial charge in [0.2, 0.25) is 0 Å². The highest BCUT2D eigenvalue weighted by Crippen LogP contribution is 2.25. The van der Waals surface area contributed by atoms with Crippen LogP contribution in [-0.4, -0.2) is 27.7 Å². The molecule has 0 amide bonds. The van der Waals surface area contributed by atoms with Crippen molar-refractivity contribution < 1.29 is 5.11 Å². The minimum absolute atomic E-state index is 0.123. The maximum atomic E-state index is 9.36. The summed E-state index contributed by atoms with van der Waals surface area (Å²) < 4.78 is 0. The van der Waals surface area contributed by atoms with E-state index in [0.29, 0.717) is 16.9 Å². The number of halogens is 1. The van der Waals surface area contributed by atoms with E-state index < -0.39 is 0 Å². The number of rotatable bonds is 3. The average Bonchev–Trinajstić information content (AvgIpc) is 2.62. The SMILES string of the molecule is OC1CCC(CNc2cncc(Cl)n2)C1. The number of nitrogens with zero attached hydrogens (tertiary/aromatic N) is 2. The average molecular weight is 228 g/mol. The third-order valence-electron chi connectivity index (χ3n) is 2.69. The zero-order chi connectivity index (χ0) is 10.7. The fourth-order valence-electron chi connectivity index (χ4n) is 1.91. The zero-order valence-electron chi connectivity index (χ0n) is 8.36. The van der Waals surface area contributed by atoms with Gasteiger partial charge >= 0.3 is 0 Å². The summed E-state index contributed by atoms with van der Waals surface area (Å²) in [6, 6.07) is 0. The lowest BCUT2D eigenvalue weighted by Crippen LogP contribution is -2.13. The van der Waals surface area contributed by atoms with Crippen molar-refractivity contribution in [1.82, 2.24) is 9.97 Å². The first kappa shape index (κ1) is 10.6. The molecule has 0 aliphatic heterocycles. The number of aromatic nitrogens is 2. The molecule has 5 heteroatoms. The van der Waals surface area contributed by atoms with Crippen LogP contribution >= 0.6 is 11.6 Å². The lowest BCUT2D eigenvalue weighted by Gasteiger charge is -2.10. The molecule has 82 valence electrons. The van der Waals surface area contributed by atoms with Gasteiger partial charge in [0.05, 0.1) is 18.5 Å². The van der Waals surface area contributed by atoms with Crippen molar-refractivity contribution in [1.29, 1.82) is 0 Å². The van der Waals surface area contributed by atoms with Gasteiger partial charge in [-0.2, -0.15) is 0 Å². The van der Waals surface area contributed by atoms with E-state index in [2.05, 4.69) is 15.3 Å². The van der Waals surface area contributed by atoms with Gasteiger partial charge < -0.3 is 10.4 Å². The first-order chi connectivity index (χ1) is 7.24. The Kier molecular flexibility index (Phi) is 3.38. The topological polar surface area (TPSA) is 58.0 Å². The van der Waals surface area contributed by atoms with E-state index >= 15 is 0 Å². The van der Waals surface area contributed by atoms with E-state index in [0.717, 1.165) is 25.8 Å².